The summed E-state index contributed by atoms with van der Waals surface area (Å²) in [5.74, 6) is -0.864. The van der Waals surface area contributed by atoms with E-state index in [2.05, 4.69) is 10.3 Å². The average molecular weight is 562 g/mol. The molecular formula is C26H25Cl2N3O5S. The van der Waals surface area contributed by atoms with E-state index in [9.17, 15) is 14.4 Å². The fourth-order valence-electron chi connectivity index (χ4n) is 3.35. The Labute approximate surface area is 229 Å². The quantitative estimate of drug-likeness (QED) is 0.270. The zero-order valence-corrected chi connectivity index (χ0v) is 22.7. The number of aromatic nitrogens is 1. The SMILES string of the molecule is CCOc1ccccc1N(C)C(=O)C(CSc1ncccc1C(=O)OC)NC(=O)c1ccc(Cl)c(Cl)c1. The van der Waals surface area contributed by atoms with Gasteiger partial charge in [-0.05, 0) is 49.4 Å². The minimum atomic E-state index is -1.00. The largest absolute Gasteiger partial charge is 0.492 e. The van der Waals surface area contributed by atoms with Crippen molar-refractivity contribution in [3.63, 3.8) is 0 Å². The number of ether oxygens (including phenoxy) is 2. The van der Waals surface area contributed by atoms with Crippen LogP contribution in [0.15, 0.2) is 65.8 Å². The van der Waals surface area contributed by atoms with Crippen molar-refractivity contribution in [2.24, 2.45) is 0 Å². The number of carbonyl (C=O) groups is 3. The van der Waals surface area contributed by atoms with Gasteiger partial charge < -0.3 is 19.7 Å². The average Bonchev–Trinajstić information content (AvgIpc) is 2.91. The number of likely N-dealkylation sites (N-methyl/N-ethyl adjacent to an activating group) is 1. The van der Waals surface area contributed by atoms with Crippen LogP contribution in [-0.2, 0) is 9.53 Å². The van der Waals surface area contributed by atoms with E-state index in [4.69, 9.17) is 32.7 Å². The minimum Gasteiger partial charge on any atom is -0.492 e. The van der Waals surface area contributed by atoms with Crippen molar-refractivity contribution >= 4 is 58.4 Å². The molecule has 0 bridgehead atoms. The highest BCUT2D eigenvalue weighted by Crippen LogP contribution is 2.29. The summed E-state index contributed by atoms with van der Waals surface area (Å²) in [4.78, 5) is 44.6. The van der Waals surface area contributed by atoms with Crippen LogP contribution in [0.2, 0.25) is 10.0 Å². The Hall–Kier alpha value is -3.27. The zero-order valence-electron chi connectivity index (χ0n) is 20.4. The molecule has 0 fully saturated rings. The molecule has 0 saturated carbocycles. The summed E-state index contributed by atoms with van der Waals surface area (Å²) in [6.45, 7) is 2.27. The highest BCUT2D eigenvalue weighted by molar-refractivity contribution is 7.99. The summed E-state index contributed by atoms with van der Waals surface area (Å²) in [5, 5.41) is 3.66. The predicted molar refractivity (Wildman–Crippen MR) is 145 cm³/mol. The van der Waals surface area contributed by atoms with Gasteiger partial charge in [-0.1, -0.05) is 35.3 Å². The molecule has 1 heterocycles. The lowest BCUT2D eigenvalue weighted by molar-refractivity contribution is -0.119. The van der Waals surface area contributed by atoms with Gasteiger partial charge in [-0.25, -0.2) is 9.78 Å². The molecule has 1 N–H and O–H groups in total. The van der Waals surface area contributed by atoms with E-state index in [1.807, 2.05) is 13.0 Å². The molecule has 1 atom stereocenters. The van der Waals surface area contributed by atoms with Crippen molar-refractivity contribution in [1.29, 1.82) is 0 Å². The minimum absolute atomic E-state index is 0.0774. The van der Waals surface area contributed by atoms with Gasteiger partial charge >= 0.3 is 5.97 Å². The van der Waals surface area contributed by atoms with Crippen molar-refractivity contribution < 1.29 is 23.9 Å². The van der Waals surface area contributed by atoms with Crippen molar-refractivity contribution in [2.45, 2.75) is 18.0 Å². The molecule has 0 aliphatic heterocycles. The van der Waals surface area contributed by atoms with Crippen molar-refractivity contribution in [2.75, 3.05) is 31.4 Å². The van der Waals surface area contributed by atoms with Crippen LogP contribution in [0.1, 0.15) is 27.6 Å². The van der Waals surface area contributed by atoms with Gasteiger partial charge in [0, 0.05) is 24.6 Å². The predicted octanol–water partition coefficient (Wildman–Crippen LogP) is 5.13. The maximum atomic E-state index is 13.7. The summed E-state index contributed by atoms with van der Waals surface area (Å²) < 4.78 is 10.5. The number of hydrogen-bond donors (Lipinski definition) is 1. The van der Waals surface area contributed by atoms with E-state index in [-0.39, 0.29) is 21.9 Å². The molecule has 11 heteroatoms. The molecule has 1 aromatic heterocycles. The number of esters is 1. The third-order valence-corrected chi connectivity index (χ3v) is 7.04. The number of hydrogen-bond acceptors (Lipinski definition) is 7. The van der Waals surface area contributed by atoms with E-state index in [1.165, 1.54) is 36.4 Å². The van der Waals surface area contributed by atoms with Gasteiger partial charge in [-0.15, -0.1) is 11.8 Å². The Morgan fingerprint density at radius 3 is 2.54 bits per heavy atom. The third-order valence-electron chi connectivity index (χ3n) is 5.21. The molecule has 2 amide bonds. The number of nitrogens with zero attached hydrogens (tertiary/aromatic N) is 2. The number of benzene rings is 2. The summed E-state index contributed by atoms with van der Waals surface area (Å²) in [7, 11) is 2.88. The third kappa shape index (κ3) is 7.15. The van der Waals surface area contributed by atoms with Gasteiger partial charge in [0.1, 0.15) is 16.8 Å². The van der Waals surface area contributed by atoms with Crippen LogP contribution in [0.3, 0.4) is 0 Å². The molecule has 2 aromatic carbocycles. The summed E-state index contributed by atoms with van der Waals surface area (Å²) in [6.07, 6.45) is 1.53. The lowest BCUT2D eigenvalue weighted by atomic mass is 10.2. The molecular weight excluding hydrogens is 537 g/mol. The molecule has 0 saturated heterocycles. The van der Waals surface area contributed by atoms with E-state index in [0.717, 1.165) is 11.8 Å². The first-order valence-corrected chi connectivity index (χ1v) is 12.9. The number of para-hydroxylation sites is 2. The standard InChI is InChI=1S/C26H25Cl2N3O5S/c1-4-36-22-10-6-5-9-21(22)31(2)25(33)20(30-23(32)16-11-12-18(27)19(28)14-16)15-37-24-17(26(34)35-3)8-7-13-29-24/h5-14,20H,4,15H2,1-3H3,(H,30,32). The monoisotopic (exact) mass is 561 g/mol. The number of methoxy groups -OCH3 is 1. The van der Waals surface area contributed by atoms with Gasteiger partial charge in [-0.2, -0.15) is 0 Å². The Balaban J connectivity index is 1.90. The highest BCUT2D eigenvalue weighted by atomic mass is 35.5. The molecule has 0 aliphatic carbocycles. The van der Waals surface area contributed by atoms with Crippen LogP contribution in [0, 0.1) is 0 Å². The normalized spacial score (nSPS) is 11.4. The van der Waals surface area contributed by atoms with E-state index >= 15 is 0 Å². The van der Waals surface area contributed by atoms with Crippen molar-refractivity contribution in [3.05, 3.63) is 82.0 Å². The Morgan fingerprint density at radius 1 is 1.08 bits per heavy atom. The van der Waals surface area contributed by atoms with Gasteiger partial charge in [-0.3, -0.25) is 9.59 Å². The van der Waals surface area contributed by atoms with Gasteiger partial charge in [0.2, 0.25) is 5.91 Å². The first-order valence-electron chi connectivity index (χ1n) is 11.2. The molecule has 0 spiro atoms. The molecule has 3 aromatic rings. The molecule has 37 heavy (non-hydrogen) atoms. The summed E-state index contributed by atoms with van der Waals surface area (Å²) >= 11 is 13.2. The number of anilines is 1. The first kappa shape index (κ1) is 28.3. The number of carbonyl (C=O) groups excluding carboxylic acids is 3. The second-order valence-corrected chi connectivity index (χ2v) is 9.43. The maximum Gasteiger partial charge on any atom is 0.340 e. The molecule has 3 rings (SSSR count). The molecule has 8 nitrogen and oxygen atoms in total. The number of rotatable bonds is 10. The van der Waals surface area contributed by atoms with Crippen molar-refractivity contribution in [1.82, 2.24) is 10.3 Å². The fraction of sp³-hybridized carbons (Fsp3) is 0.231. The van der Waals surface area contributed by atoms with Crippen LogP contribution < -0.4 is 15.0 Å². The molecule has 194 valence electrons. The first-order chi connectivity index (χ1) is 17.8. The lowest BCUT2D eigenvalue weighted by Gasteiger charge is -2.26. The zero-order chi connectivity index (χ0) is 26.9. The van der Waals surface area contributed by atoms with E-state index in [0.29, 0.717) is 28.1 Å². The van der Waals surface area contributed by atoms with Crippen molar-refractivity contribution in [3.8, 4) is 5.75 Å². The Morgan fingerprint density at radius 2 is 1.84 bits per heavy atom. The van der Waals surface area contributed by atoms with Crippen LogP contribution >= 0.6 is 35.0 Å². The number of amides is 2. The van der Waals surface area contributed by atoms with E-state index in [1.54, 1.807) is 37.4 Å². The number of thioether (sulfide) groups is 1. The van der Waals surface area contributed by atoms with Crippen LogP contribution in [0.5, 0.6) is 5.75 Å². The van der Waals surface area contributed by atoms with E-state index < -0.39 is 23.8 Å². The number of halogens is 2. The highest BCUT2D eigenvalue weighted by Gasteiger charge is 2.28. The van der Waals surface area contributed by atoms with Crippen LogP contribution in [0.4, 0.5) is 5.69 Å². The number of nitrogens with one attached hydrogen (secondary N) is 1. The van der Waals surface area contributed by atoms with Crippen LogP contribution in [0.25, 0.3) is 0 Å². The van der Waals surface area contributed by atoms with Gasteiger partial charge in [0.15, 0.2) is 0 Å². The number of pyridine rings is 1. The molecule has 0 radical (unpaired) electrons. The Bertz CT molecular complexity index is 1290. The van der Waals surface area contributed by atoms with Gasteiger partial charge in [0.25, 0.3) is 5.91 Å². The Kier molecular flexibility index (Phi) is 10.2. The maximum absolute atomic E-state index is 13.7. The van der Waals surface area contributed by atoms with Gasteiger partial charge in [0.05, 0.1) is 35.0 Å². The topological polar surface area (TPSA) is 97.8 Å². The fourth-order valence-corrected chi connectivity index (χ4v) is 4.64. The second kappa shape index (κ2) is 13.3. The molecule has 0 aliphatic rings. The van der Waals surface area contributed by atoms with Crippen LogP contribution in [-0.4, -0.2) is 55.3 Å². The second-order valence-electron chi connectivity index (χ2n) is 7.61. The summed E-state index contributed by atoms with van der Waals surface area (Å²) in [5.41, 5.74) is 1.04. The lowest BCUT2D eigenvalue weighted by Crippen LogP contribution is -2.49. The molecule has 1 unspecified atom stereocenters. The summed E-state index contributed by atoms with van der Waals surface area (Å²) in [6, 6.07) is 13.7. The smallest absolute Gasteiger partial charge is 0.340 e.